The summed E-state index contributed by atoms with van der Waals surface area (Å²) >= 11 is 1.76. The van der Waals surface area contributed by atoms with Crippen LogP contribution in [-0.2, 0) is 0 Å². The molecule has 0 bridgehead atoms. The van der Waals surface area contributed by atoms with Gasteiger partial charge in [0, 0.05) is 11.9 Å². The SMILES string of the molecule is CN1c2ccc#cc2Sc2ccccc21. The predicted octanol–water partition coefficient (Wildman–Crippen LogP) is 3.52. The maximum absolute atomic E-state index is 3.16. The van der Waals surface area contributed by atoms with E-state index in [9.17, 15) is 0 Å². The van der Waals surface area contributed by atoms with Crippen LogP contribution in [0.25, 0.3) is 0 Å². The average Bonchev–Trinajstić information content (AvgIpc) is 2.30. The van der Waals surface area contributed by atoms with Gasteiger partial charge in [0.2, 0.25) is 0 Å². The van der Waals surface area contributed by atoms with E-state index >= 15 is 0 Å². The second-order valence-electron chi connectivity index (χ2n) is 3.45. The number of nitrogens with zero attached hydrogens (tertiary/aromatic N) is 1. The summed E-state index contributed by atoms with van der Waals surface area (Å²) in [7, 11) is 2.09. The highest BCUT2D eigenvalue weighted by Crippen LogP contribution is 2.45. The van der Waals surface area contributed by atoms with Crippen molar-refractivity contribution >= 4 is 23.1 Å². The second kappa shape index (κ2) is 3.22. The molecule has 1 aliphatic rings. The smallest absolute Gasteiger partial charge is 0.0863 e. The van der Waals surface area contributed by atoms with E-state index in [1.165, 1.54) is 16.3 Å². The molecule has 2 heteroatoms. The Kier molecular flexibility index (Phi) is 1.87. The summed E-state index contributed by atoms with van der Waals surface area (Å²) in [5.74, 6) is 0. The van der Waals surface area contributed by atoms with Crippen LogP contribution < -0.4 is 4.90 Å². The molecule has 0 saturated heterocycles. The number of para-hydroxylation sites is 1. The Labute approximate surface area is 93.7 Å². The van der Waals surface area contributed by atoms with E-state index in [2.05, 4.69) is 54.4 Å². The van der Waals surface area contributed by atoms with E-state index in [0.717, 1.165) is 4.90 Å². The molecule has 1 nitrogen and oxygen atoms in total. The summed E-state index contributed by atoms with van der Waals surface area (Å²) in [5, 5.41) is 0. The Bertz CT molecular complexity index is 462. The van der Waals surface area contributed by atoms with Crippen LogP contribution in [0.5, 0.6) is 0 Å². The maximum Gasteiger partial charge on any atom is 0.0863 e. The van der Waals surface area contributed by atoms with Gasteiger partial charge in [0.15, 0.2) is 0 Å². The lowest BCUT2D eigenvalue weighted by atomic mass is 10.2. The van der Waals surface area contributed by atoms with Gasteiger partial charge in [-0.25, -0.2) is 0 Å². The van der Waals surface area contributed by atoms with E-state index < -0.39 is 0 Å². The van der Waals surface area contributed by atoms with Crippen LogP contribution in [0, 0.1) is 12.1 Å². The van der Waals surface area contributed by atoms with Crippen LogP contribution in [-0.4, -0.2) is 7.05 Å². The van der Waals surface area contributed by atoms with Gasteiger partial charge in [-0.3, -0.25) is 0 Å². The van der Waals surface area contributed by atoms with Gasteiger partial charge in [0.05, 0.1) is 16.3 Å². The van der Waals surface area contributed by atoms with Crippen molar-refractivity contribution in [2.45, 2.75) is 9.79 Å². The van der Waals surface area contributed by atoms with Crippen LogP contribution in [0.2, 0.25) is 0 Å². The van der Waals surface area contributed by atoms with Gasteiger partial charge < -0.3 is 4.90 Å². The highest BCUT2D eigenvalue weighted by molar-refractivity contribution is 7.99. The van der Waals surface area contributed by atoms with E-state index in [4.69, 9.17) is 0 Å². The zero-order valence-electron chi connectivity index (χ0n) is 8.32. The molecule has 2 aromatic carbocycles. The Morgan fingerprint density at radius 1 is 1.13 bits per heavy atom. The normalized spacial score (nSPS) is 12.7. The van der Waals surface area contributed by atoms with Gasteiger partial charge in [0.1, 0.15) is 0 Å². The molecule has 1 aliphatic heterocycles. The zero-order valence-corrected chi connectivity index (χ0v) is 9.14. The third kappa shape index (κ3) is 1.28. The van der Waals surface area contributed by atoms with Gasteiger partial charge in [-0.1, -0.05) is 36.0 Å². The summed E-state index contributed by atoms with van der Waals surface area (Å²) in [6.07, 6.45) is 0. The molecule has 0 amide bonds. The zero-order chi connectivity index (χ0) is 10.3. The topological polar surface area (TPSA) is 3.24 Å². The Morgan fingerprint density at radius 3 is 2.93 bits per heavy atom. The first kappa shape index (κ1) is 8.70. The molecule has 3 rings (SSSR count). The van der Waals surface area contributed by atoms with Crippen molar-refractivity contribution in [1.82, 2.24) is 0 Å². The molecule has 72 valence electrons. The van der Waals surface area contributed by atoms with Crippen molar-refractivity contribution in [3.63, 3.8) is 0 Å². The Balaban J connectivity index is 2.20. The number of hydrogen-bond acceptors (Lipinski definition) is 2. The fourth-order valence-corrected chi connectivity index (χ4v) is 2.87. The van der Waals surface area contributed by atoms with E-state index in [1.54, 1.807) is 11.8 Å². The van der Waals surface area contributed by atoms with Gasteiger partial charge in [-0.15, -0.1) is 0 Å². The van der Waals surface area contributed by atoms with Crippen LogP contribution in [0.3, 0.4) is 0 Å². The quantitative estimate of drug-likeness (QED) is 0.656. The number of hydrogen-bond donors (Lipinski definition) is 0. The van der Waals surface area contributed by atoms with Crippen LogP contribution >= 0.6 is 11.8 Å². The third-order valence-corrected chi connectivity index (χ3v) is 3.62. The van der Waals surface area contributed by atoms with Gasteiger partial charge in [0.25, 0.3) is 0 Å². The molecule has 0 spiro atoms. The third-order valence-electron chi connectivity index (χ3n) is 2.54. The van der Waals surface area contributed by atoms with E-state index in [-0.39, 0.29) is 0 Å². The molecular formula is C13H9NS. The number of anilines is 2. The number of benzene rings is 1. The second-order valence-corrected chi connectivity index (χ2v) is 4.50. The minimum absolute atomic E-state index is 1.15. The Morgan fingerprint density at radius 2 is 2.00 bits per heavy atom. The lowest BCUT2D eigenvalue weighted by molar-refractivity contribution is 1.11. The standard InChI is InChI=1S/C13H9NS/c1-14-10-6-2-4-8-12(10)15-13-9-5-3-7-11(13)14/h2-4,6-8H,1H3. The summed E-state index contributed by atoms with van der Waals surface area (Å²) < 4.78 is 0. The largest absolute Gasteiger partial charge is 0.342 e. The lowest BCUT2D eigenvalue weighted by Gasteiger charge is -2.27. The van der Waals surface area contributed by atoms with Crippen LogP contribution in [0.15, 0.2) is 46.2 Å². The number of rotatable bonds is 0. The highest BCUT2D eigenvalue weighted by atomic mass is 32.2. The molecule has 0 aliphatic carbocycles. The summed E-state index contributed by atoms with van der Waals surface area (Å²) in [4.78, 5) is 4.63. The molecule has 1 heterocycles. The molecule has 0 saturated carbocycles. The first-order valence-electron chi connectivity index (χ1n) is 4.79. The molecule has 15 heavy (non-hydrogen) atoms. The molecular weight excluding hydrogens is 202 g/mol. The average molecular weight is 211 g/mol. The Hall–Kier alpha value is -1.59. The van der Waals surface area contributed by atoms with Crippen molar-refractivity contribution in [2.75, 3.05) is 11.9 Å². The number of fused-ring (bicyclic) bond motifs is 2. The highest BCUT2D eigenvalue weighted by Gasteiger charge is 2.19. The summed E-state index contributed by atoms with van der Waals surface area (Å²) in [5.41, 5.74) is 2.46. The van der Waals surface area contributed by atoms with E-state index in [0.29, 0.717) is 0 Å². The van der Waals surface area contributed by atoms with Crippen molar-refractivity contribution in [1.29, 1.82) is 0 Å². The van der Waals surface area contributed by atoms with Crippen molar-refractivity contribution in [3.05, 3.63) is 48.5 Å². The van der Waals surface area contributed by atoms with Gasteiger partial charge in [-0.05, 0) is 24.3 Å². The van der Waals surface area contributed by atoms with Crippen molar-refractivity contribution in [3.8, 4) is 0 Å². The maximum atomic E-state index is 3.16. The molecule has 0 fully saturated rings. The summed E-state index contributed by atoms with van der Waals surface area (Å²) in [6.45, 7) is 0. The van der Waals surface area contributed by atoms with Crippen LogP contribution in [0.4, 0.5) is 11.4 Å². The molecule has 2 aromatic rings. The fraction of sp³-hybridized carbons (Fsp3) is 0.0769. The van der Waals surface area contributed by atoms with Crippen LogP contribution in [0.1, 0.15) is 0 Å². The van der Waals surface area contributed by atoms with Crippen molar-refractivity contribution < 1.29 is 0 Å². The van der Waals surface area contributed by atoms with Crippen molar-refractivity contribution in [2.24, 2.45) is 0 Å². The molecule has 0 unspecified atom stereocenters. The molecule has 0 aromatic heterocycles. The monoisotopic (exact) mass is 211 g/mol. The first-order valence-corrected chi connectivity index (χ1v) is 5.61. The molecule has 0 N–H and O–H groups in total. The summed E-state index contributed by atoms with van der Waals surface area (Å²) in [6, 6.07) is 18.6. The van der Waals surface area contributed by atoms with Gasteiger partial charge in [-0.2, -0.15) is 0 Å². The van der Waals surface area contributed by atoms with E-state index in [1.807, 2.05) is 6.07 Å². The van der Waals surface area contributed by atoms with Gasteiger partial charge >= 0.3 is 0 Å². The molecule has 0 radical (unpaired) electrons. The fourth-order valence-electron chi connectivity index (χ4n) is 1.77. The molecule has 0 atom stereocenters. The lowest BCUT2D eigenvalue weighted by Crippen LogP contribution is -2.13. The minimum atomic E-state index is 1.15. The first-order chi connectivity index (χ1) is 7.36. The minimum Gasteiger partial charge on any atom is -0.342 e. The predicted molar refractivity (Wildman–Crippen MR) is 62.7 cm³/mol.